The van der Waals surface area contributed by atoms with E-state index >= 15 is 0 Å². The van der Waals surface area contributed by atoms with E-state index in [0.717, 1.165) is 17.0 Å². The molecule has 86 valence electrons. The van der Waals surface area contributed by atoms with Crippen molar-refractivity contribution in [3.63, 3.8) is 0 Å². The Morgan fingerprint density at radius 2 is 2.19 bits per heavy atom. The third kappa shape index (κ3) is 2.28. The van der Waals surface area contributed by atoms with Crippen molar-refractivity contribution < 1.29 is 8.42 Å². The van der Waals surface area contributed by atoms with Crippen LogP contribution in [0.1, 0.15) is 5.69 Å². The van der Waals surface area contributed by atoms with E-state index in [-0.39, 0.29) is 9.47 Å². The van der Waals surface area contributed by atoms with Crippen LogP contribution in [0.5, 0.6) is 0 Å². The highest BCUT2D eigenvalue weighted by molar-refractivity contribution is 7.94. The molecule has 0 amide bonds. The number of thiazole rings is 1. The summed E-state index contributed by atoms with van der Waals surface area (Å²) >= 11 is 2.00. The number of aryl methyl sites for hydroxylation is 1. The maximum atomic E-state index is 11.7. The first kappa shape index (κ1) is 11.2. The van der Waals surface area contributed by atoms with Crippen LogP contribution in [0.4, 0.5) is 10.3 Å². The van der Waals surface area contributed by atoms with Crippen LogP contribution in [0.25, 0.3) is 0 Å². The van der Waals surface area contributed by atoms with Crippen LogP contribution in [0.3, 0.4) is 0 Å². The van der Waals surface area contributed by atoms with Gasteiger partial charge >= 0.3 is 0 Å². The predicted molar refractivity (Wildman–Crippen MR) is 62.0 cm³/mol. The molecule has 2 aromatic heterocycles. The molecule has 2 heterocycles. The molecule has 0 bridgehead atoms. The van der Waals surface area contributed by atoms with E-state index in [1.165, 1.54) is 11.3 Å². The Kier molecular flexibility index (Phi) is 2.78. The van der Waals surface area contributed by atoms with Gasteiger partial charge in [0.15, 0.2) is 5.13 Å². The van der Waals surface area contributed by atoms with E-state index in [9.17, 15) is 8.42 Å². The number of hydrogen-bond acceptors (Lipinski definition) is 8. The average Bonchev–Trinajstić information content (AvgIpc) is 2.75. The summed E-state index contributed by atoms with van der Waals surface area (Å²) in [6.45, 7) is 1.78. The third-order valence-corrected chi connectivity index (χ3v) is 4.96. The lowest BCUT2D eigenvalue weighted by molar-refractivity contribution is 0.599. The Balaban J connectivity index is 2.27. The van der Waals surface area contributed by atoms with E-state index in [2.05, 4.69) is 19.9 Å². The van der Waals surface area contributed by atoms with Gasteiger partial charge in [0.25, 0.3) is 14.4 Å². The van der Waals surface area contributed by atoms with Crippen molar-refractivity contribution in [2.24, 2.45) is 0 Å². The van der Waals surface area contributed by atoms with Crippen LogP contribution >= 0.6 is 22.7 Å². The van der Waals surface area contributed by atoms with Crippen molar-refractivity contribution in [1.82, 2.24) is 15.2 Å². The van der Waals surface area contributed by atoms with Crippen LogP contribution in [-0.2, 0) is 10.0 Å². The minimum atomic E-state index is -3.72. The van der Waals surface area contributed by atoms with Crippen molar-refractivity contribution >= 4 is 43.0 Å². The van der Waals surface area contributed by atoms with Gasteiger partial charge in [0.1, 0.15) is 0 Å². The van der Waals surface area contributed by atoms with Gasteiger partial charge in [0, 0.05) is 5.38 Å². The molecular weight excluding hydrogens is 270 g/mol. The SMILES string of the molecule is Cc1csc(NS(=O)(=O)c2nnc(N)s2)n1. The van der Waals surface area contributed by atoms with Gasteiger partial charge in [-0.25, -0.2) is 4.98 Å². The Hall–Kier alpha value is -1.26. The molecule has 16 heavy (non-hydrogen) atoms. The van der Waals surface area contributed by atoms with Gasteiger partial charge in [-0.1, -0.05) is 11.3 Å². The summed E-state index contributed by atoms with van der Waals surface area (Å²) in [6.07, 6.45) is 0. The first-order chi connectivity index (χ1) is 7.47. The van der Waals surface area contributed by atoms with Crippen LogP contribution in [0.2, 0.25) is 0 Å². The molecule has 0 saturated carbocycles. The highest BCUT2D eigenvalue weighted by atomic mass is 32.2. The second kappa shape index (κ2) is 3.96. The van der Waals surface area contributed by atoms with Crippen molar-refractivity contribution in [1.29, 1.82) is 0 Å². The molecule has 0 atom stereocenters. The minimum Gasteiger partial charge on any atom is -0.374 e. The Morgan fingerprint density at radius 3 is 2.69 bits per heavy atom. The molecule has 0 aliphatic heterocycles. The normalized spacial score (nSPS) is 11.6. The van der Waals surface area contributed by atoms with E-state index in [1.54, 1.807) is 12.3 Å². The molecular formula is C6H7N5O2S3. The number of aromatic nitrogens is 3. The fraction of sp³-hybridized carbons (Fsp3) is 0.167. The molecule has 7 nitrogen and oxygen atoms in total. The summed E-state index contributed by atoms with van der Waals surface area (Å²) in [4.78, 5) is 3.98. The number of sulfonamides is 1. The van der Waals surface area contributed by atoms with Crippen LogP contribution in [-0.4, -0.2) is 23.6 Å². The van der Waals surface area contributed by atoms with Crippen LogP contribution in [0, 0.1) is 6.92 Å². The molecule has 0 unspecified atom stereocenters. The Bertz CT molecular complexity index is 601. The van der Waals surface area contributed by atoms with Gasteiger partial charge in [0.2, 0.25) is 5.13 Å². The topological polar surface area (TPSA) is 111 Å². The number of rotatable bonds is 3. The molecule has 0 aliphatic rings. The molecule has 10 heteroatoms. The van der Waals surface area contributed by atoms with Gasteiger partial charge in [-0.05, 0) is 6.92 Å². The molecule has 0 radical (unpaired) electrons. The quantitative estimate of drug-likeness (QED) is 0.853. The maximum absolute atomic E-state index is 11.7. The molecule has 3 N–H and O–H groups in total. The number of nitrogens with two attached hydrogens (primary N) is 1. The Labute approximate surface area is 99.4 Å². The highest BCUT2D eigenvalue weighted by Crippen LogP contribution is 2.22. The fourth-order valence-electron chi connectivity index (χ4n) is 0.888. The minimum absolute atomic E-state index is 0.107. The summed E-state index contributed by atoms with van der Waals surface area (Å²) in [5.41, 5.74) is 6.06. The molecule has 0 saturated heterocycles. The van der Waals surface area contributed by atoms with Crippen LogP contribution < -0.4 is 10.5 Å². The Morgan fingerprint density at radius 1 is 1.44 bits per heavy atom. The first-order valence-electron chi connectivity index (χ1n) is 4.01. The standard InChI is InChI=1S/C6H7N5O2S3/c1-3-2-14-5(8-3)11-16(12,13)6-10-9-4(7)15-6/h2H,1H3,(H2,7,9)(H,8,11). The largest absolute Gasteiger partial charge is 0.374 e. The summed E-state index contributed by atoms with van der Waals surface area (Å²) in [6, 6.07) is 0. The van der Waals surface area contributed by atoms with Crippen molar-refractivity contribution in [2.45, 2.75) is 11.3 Å². The summed E-state index contributed by atoms with van der Waals surface area (Å²) in [5, 5.41) is 9.05. The first-order valence-corrected chi connectivity index (χ1v) is 7.19. The van der Waals surface area contributed by atoms with Gasteiger partial charge in [-0.2, -0.15) is 8.42 Å². The zero-order valence-electron chi connectivity index (χ0n) is 8.04. The van der Waals surface area contributed by atoms with E-state index in [0.29, 0.717) is 5.13 Å². The lowest BCUT2D eigenvalue weighted by Crippen LogP contribution is -2.12. The maximum Gasteiger partial charge on any atom is 0.293 e. The van der Waals surface area contributed by atoms with Crippen LogP contribution in [0.15, 0.2) is 9.72 Å². The van der Waals surface area contributed by atoms with Gasteiger partial charge in [-0.3, -0.25) is 4.72 Å². The lowest BCUT2D eigenvalue weighted by Gasteiger charge is -1.99. The van der Waals surface area contributed by atoms with Crippen molar-refractivity contribution in [2.75, 3.05) is 10.5 Å². The van der Waals surface area contributed by atoms with Gasteiger partial charge < -0.3 is 5.73 Å². The smallest absolute Gasteiger partial charge is 0.293 e. The average molecular weight is 277 g/mol. The molecule has 0 spiro atoms. The summed E-state index contributed by atoms with van der Waals surface area (Å²) < 4.78 is 25.6. The van der Waals surface area contributed by atoms with E-state index in [4.69, 9.17) is 5.73 Å². The number of nitrogens with zero attached hydrogens (tertiary/aromatic N) is 3. The van der Waals surface area contributed by atoms with E-state index in [1.807, 2.05) is 0 Å². The monoisotopic (exact) mass is 277 g/mol. The molecule has 0 aromatic carbocycles. The fourth-order valence-corrected chi connectivity index (χ4v) is 3.61. The van der Waals surface area contributed by atoms with Gasteiger partial charge in [0.05, 0.1) is 5.69 Å². The molecule has 2 rings (SSSR count). The van der Waals surface area contributed by atoms with Gasteiger partial charge in [-0.15, -0.1) is 21.5 Å². The predicted octanol–water partition coefficient (Wildman–Crippen LogP) is 0.686. The molecule has 0 fully saturated rings. The summed E-state index contributed by atoms with van der Waals surface area (Å²) in [5.74, 6) is 0. The van der Waals surface area contributed by atoms with Crippen molar-refractivity contribution in [3.05, 3.63) is 11.1 Å². The van der Waals surface area contributed by atoms with Crippen molar-refractivity contribution in [3.8, 4) is 0 Å². The molecule has 2 aromatic rings. The van der Waals surface area contributed by atoms with E-state index < -0.39 is 10.0 Å². The highest BCUT2D eigenvalue weighted by Gasteiger charge is 2.20. The second-order valence-electron chi connectivity index (χ2n) is 2.81. The zero-order valence-corrected chi connectivity index (χ0v) is 10.5. The number of anilines is 2. The number of nitrogen functional groups attached to an aromatic ring is 1. The number of nitrogens with one attached hydrogen (secondary N) is 1. The lowest BCUT2D eigenvalue weighted by atomic mass is 10.6. The number of hydrogen-bond donors (Lipinski definition) is 2. The zero-order chi connectivity index (χ0) is 11.8. The second-order valence-corrected chi connectivity index (χ2v) is 6.53. The summed E-state index contributed by atoms with van der Waals surface area (Å²) in [7, 11) is -3.72. The molecule has 0 aliphatic carbocycles. The third-order valence-electron chi connectivity index (χ3n) is 1.49.